The van der Waals surface area contributed by atoms with Gasteiger partial charge in [-0.3, -0.25) is 9.21 Å². The maximum atomic E-state index is 15.0. The summed E-state index contributed by atoms with van der Waals surface area (Å²) < 4.78 is 57.8. The van der Waals surface area contributed by atoms with Crippen molar-refractivity contribution in [2.45, 2.75) is 36.6 Å². The number of carbonyl (C=O) groups is 1. The Bertz CT molecular complexity index is 1420. The van der Waals surface area contributed by atoms with Crippen LogP contribution < -0.4 is 9.21 Å². The first kappa shape index (κ1) is 25.5. The number of carbonyl (C=O) groups excluding carboxylic acids is 1. The van der Waals surface area contributed by atoms with Crippen LogP contribution in [0.1, 0.15) is 24.8 Å². The zero-order valence-corrected chi connectivity index (χ0v) is 21.6. The van der Waals surface area contributed by atoms with E-state index in [9.17, 15) is 17.6 Å². The number of amides is 2. The third kappa shape index (κ3) is 5.02. The van der Waals surface area contributed by atoms with Gasteiger partial charge in [0.2, 0.25) is 0 Å². The molecule has 1 atom stereocenters. The second-order valence-electron chi connectivity index (χ2n) is 9.26. The van der Waals surface area contributed by atoms with Gasteiger partial charge in [0, 0.05) is 36.4 Å². The summed E-state index contributed by atoms with van der Waals surface area (Å²) in [5.41, 5.74) is 1.55. The van der Waals surface area contributed by atoms with Crippen molar-refractivity contribution in [3.8, 4) is 0 Å². The van der Waals surface area contributed by atoms with E-state index in [1.165, 1.54) is 24.3 Å². The topological polar surface area (TPSA) is 60.9 Å². The lowest BCUT2D eigenvalue weighted by Gasteiger charge is -2.42. The van der Waals surface area contributed by atoms with Crippen LogP contribution in [0, 0.1) is 11.6 Å². The van der Waals surface area contributed by atoms with Crippen LogP contribution >= 0.6 is 11.6 Å². The number of hydrogen-bond donors (Lipinski definition) is 0. The number of rotatable bonds is 4. The normalized spacial score (nSPS) is 17.9. The first-order valence-corrected chi connectivity index (χ1v) is 14.0. The van der Waals surface area contributed by atoms with Crippen LogP contribution in [0.3, 0.4) is 0 Å². The van der Waals surface area contributed by atoms with Gasteiger partial charge in [0.25, 0.3) is 10.0 Å². The smallest absolute Gasteiger partial charge is 0.322 e. The highest BCUT2D eigenvalue weighted by Crippen LogP contribution is 2.34. The van der Waals surface area contributed by atoms with E-state index in [0.29, 0.717) is 31.0 Å². The van der Waals surface area contributed by atoms with Crippen molar-refractivity contribution >= 4 is 39.0 Å². The maximum absolute atomic E-state index is 15.0. The molecule has 0 N–H and O–H groups in total. The molecule has 1 fully saturated rings. The van der Waals surface area contributed by atoms with Crippen molar-refractivity contribution in [2.24, 2.45) is 0 Å². The highest BCUT2D eigenvalue weighted by Gasteiger charge is 2.38. The van der Waals surface area contributed by atoms with Crippen molar-refractivity contribution in [1.82, 2.24) is 4.90 Å². The molecule has 6 nitrogen and oxygen atoms in total. The zero-order chi connectivity index (χ0) is 26.2. The Hall–Kier alpha value is -3.17. The minimum Gasteiger partial charge on any atom is -0.322 e. The standard InChI is InChI=1S/C27H26ClF2N3O3S/c28-20-9-12-23(13-10-20)37(35,36)33(26-17-21(29)11-14-24(26)30)22-7-4-15-31(18-22)27(34)32-16-3-6-19-5-1-2-8-25(19)32/h1-2,5,8-14,17,22H,3-4,6-7,15-16,18H2. The van der Waals surface area contributed by atoms with Gasteiger partial charge in [-0.15, -0.1) is 0 Å². The van der Waals surface area contributed by atoms with Crippen molar-refractivity contribution in [3.05, 3.63) is 89.0 Å². The van der Waals surface area contributed by atoms with Crippen LogP contribution in [-0.4, -0.2) is 45.0 Å². The predicted octanol–water partition coefficient (Wildman–Crippen LogP) is 5.85. The second kappa shape index (κ2) is 10.3. The summed E-state index contributed by atoms with van der Waals surface area (Å²) >= 11 is 5.95. The third-order valence-corrected chi connectivity index (χ3v) is 8.99. The first-order valence-electron chi connectivity index (χ1n) is 12.1. The summed E-state index contributed by atoms with van der Waals surface area (Å²) in [7, 11) is -4.32. The number of piperidine rings is 1. The molecule has 2 heterocycles. The second-order valence-corrected chi connectivity index (χ2v) is 11.5. The first-order chi connectivity index (χ1) is 17.8. The van der Waals surface area contributed by atoms with E-state index >= 15 is 4.39 Å². The van der Waals surface area contributed by atoms with Gasteiger partial charge in [-0.05, 0) is 73.7 Å². The molecule has 1 saturated heterocycles. The molecule has 37 heavy (non-hydrogen) atoms. The van der Waals surface area contributed by atoms with Crippen LogP contribution in [0.15, 0.2) is 71.6 Å². The summed E-state index contributed by atoms with van der Waals surface area (Å²) in [5.74, 6) is -1.63. The molecule has 0 radical (unpaired) electrons. The van der Waals surface area contributed by atoms with Crippen LogP contribution in [0.4, 0.5) is 25.0 Å². The van der Waals surface area contributed by atoms with E-state index < -0.39 is 33.4 Å². The Morgan fingerprint density at radius 1 is 0.973 bits per heavy atom. The number of urea groups is 1. The Kier molecular flexibility index (Phi) is 7.09. The molecule has 0 aliphatic carbocycles. The SMILES string of the molecule is O=C(N1CCCC(N(c2cc(F)ccc2F)S(=O)(=O)c2ccc(Cl)cc2)C1)N1CCCc2ccccc21. The van der Waals surface area contributed by atoms with Crippen LogP contribution in [0.5, 0.6) is 0 Å². The average Bonchev–Trinajstić information content (AvgIpc) is 2.90. The number of nitrogens with zero attached hydrogens (tertiary/aromatic N) is 3. The number of aryl methyl sites for hydroxylation is 1. The Morgan fingerprint density at radius 2 is 1.73 bits per heavy atom. The number of para-hydroxylation sites is 1. The largest absolute Gasteiger partial charge is 0.324 e. The molecular formula is C27H26ClF2N3O3S. The fraction of sp³-hybridized carbons (Fsp3) is 0.296. The number of sulfonamides is 1. The molecule has 1 unspecified atom stereocenters. The highest BCUT2D eigenvalue weighted by atomic mass is 35.5. The molecule has 0 saturated carbocycles. The number of halogens is 3. The van der Waals surface area contributed by atoms with Crippen molar-refractivity contribution in [2.75, 3.05) is 28.8 Å². The average molecular weight is 546 g/mol. The summed E-state index contributed by atoms with van der Waals surface area (Å²) in [6.07, 6.45) is 2.60. The minimum atomic E-state index is -4.32. The van der Waals surface area contributed by atoms with Crippen LogP contribution in [0.25, 0.3) is 0 Å². The van der Waals surface area contributed by atoms with E-state index in [2.05, 4.69) is 0 Å². The number of fused-ring (bicyclic) bond motifs is 1. The van der Waals surface area contributed by atoms with E-state index in [-0.39, 0.29) is 17.5 Å². The van der Waals surface area contributed by atoms with E-state index in [0.717, 1.165) is 46.6 Å². The van der Waals surface area contributed by atoms with Gasteiger partial charge < -0.3 is 4.90 Å². The zero-order valence-electron chi connectivity index (χ0n) is 20.0. The molecule has 10 heteroatoms. The van der Waals surface area contributed by atoms with Crippen LogP contribution in [-0.2, 0) is 16.4 Å². The molecule has 2 amide bonds. The summed E-state index contributed by atoms with van der Waals surface area (Å²) in [4.78, 5) is 16.9. The van der Waals surface area contributed by atoms with Gasteiger partial charge in [0.05, 0.1) is 16.6 Å². The number of anilines is 2. The predicted molar refractivity (Wildman–Crippen MR) is 140 cm³/mol. The highest BCUT2D eigenvalue weighted by molar-refractivity contribution is 7.92. The van der Waals surface area contributed by atoms with Gasteiger partial charge in [0.15, 0.2) is 0 Å². The lowest BCUT2D eigenvalue weighted by Crippen LogP contribution is -2.55. The molecule has 2 aliphatic heterocycles. The molecule has 3 aromatic carbocycles. The quantitative estimate of drug-likeness (QED) is 0.413. The van der Waals surface area contributed by atoms with Gasteiger partial charge in [-0.1, -0.05) is 29.8 Å². The fourth-order valence-corrected chi connectivity index (χ4v) is 6.92. The van der Waals surface area contributed by atoms with Gasteiger partial charge in [-0.2, -0.15) is 0 Å². The fourth-order valence-electron chi connectivity index (χ4n) is 5.12. The van der Waals surface area contributed by atoms with Crippen LogP contribution in [0.2, 0.25) is 5.02 Å². The minimum absolute atomic E-state index is 0.0419. The Morgan fingerprint density at radius 3 is 2.51 bits per heavy atom. The van der Waals surface area contributed by atoms with Crippen molar-refractivity contribution < 1.29 is 22.0 Å². The number of benzene rings is 3. The molecule has 0 bridgehead atoms. The van der Waals surface area contributed by atoms with Crippen molar-refractivity contribution in [3.63, 3.8) is 0 Å². The number of likely N-dealkylation sites (tertiary alicyclic amines) is 1. The van der Waals surface area contributed by atoms with E-state index in [1.54, 1.807) is 9.80 Å². The summed E-state index contributed by atoms with van der Waals surface area (Å²) in [6.45, 7) is 1.04. The molecule has 2 aliphatic rings. The lowest BCUT2D eigenvalue weighted by atomic mass is 10.0. The van der Waals surface area contributed by atoms with E-state index in [1.807, 2.05) is 24.3 Å². The molecule has 3 aromatic rings. The maximum Gasteiger partial charge on any atom is 0.324 e. The summed E-state index contributed by atoms with van der Waals surface area (Å²) in [5, 5.41) is 0.346. The van der Waals surface area contributed by atoms with Gasteiger partial charge in [0.1, 0.15) is 11.6 Å². The molecule has 5 rings (SSSR count). The third-order valence-electron chi connectivity index (χ3n) is 6.86. The molecule has 194 valence electrons. The van der Waals surface area contributed by atoms with Gasteiger partial charge >= 0.3 is 6.03 Å². The summed E-state index contributed by atoms with van der Waals surface area (Å²) in [6, 6.07) is 15.0. The Labute approximate surface area is 220 Å². The number of hydrogen-bond acceptors (Lipinski definition) is 3. The molecule has 0 spiro atoms. The van der Waals surface area contributed by atoms with E-state index in [4.69, 9.17) is 11.6 Å². The monoisotopic (exact) mass is 545 g/mol. The van der Waals surface area contributed by atoms with Crippen molar-refractivity contribution in [1.29, 1.82) is 0 Å². The Balaban J connectivity index is 1.50. The molecular weight excluding hydrogens is 520 g/mol. The lowest BCUT2D eigenvalue weighted by molar-refractivity contribution is 0.186. The van der Waals surface area contributed by atoms with Gasteiger partial charge in [-0.25, -0.2) is 22.0 Å². The molecule has 0 aromatic heterocycles.